The normalized spacial score (nSPS) is 11.2. The van der Waals surface area contributed by atoms with E-state index in [0.717, 1.165) is 11.9 Å². The largest absolute Gasteiger partial charge is 0.354 e. The Morgan fingerprint density at radius 1 is 1.03 bits per heavy atom. The Morgan fingerprint density at radius 2 is 1.81 bits per heavy atom. The van der Waals surface area contributed by atoms with E-state index in [-0.39, 0.29) is 16.8 Å². The van der Waals surface area contributed by atoms with Gasteiger partial charge in [0, 0.05) is 42.1 Å². The van der Waals surface area contributed by atoms with E-state index < -0.39 is 5.82 Å². The molecule has 0 atom stereocenters. The summed E-state index contributed by atoms with van der Waals surface area (Å²) in [6.07, 6.45) is 8.49. The first-order chi connectivity index (χ1) is 15.2. The van der Waals surface area contributed by atoms with Gasteiger partial charge in [0.2, 0.25) is 5.43 Å². The smallest absolute Gasteiger partial charge is 0.209 e. The molecule has 0 spiro atoms. The molecule has 2 aromatic heterocycles. The third kappa shape index (κ3) is 4.43. The summed E-state index contributed by atoms with van der Waals surface area (Å²) in [7, 11) is 0. The van der Waals surface area contributed by atoms with Crippen molar-refractivity contribution in [2.75, 3.05) is 5.32 Å². The SMILES string of the molecule is N=C/C=C(\Nc1ccccc1)c1nn(-c2ccc(-c3cncnc3)cc2F)ccc1=O. The van der Waals surface area contributed by atoms with Crippen molar-refractivity contribution >= 4 is 17.6 Å². The predicted octanol–water partition coefficient (Wildman–Crippen LogP) is 3.93. The molecule has 0 amide bonds. The van der Waals surface area contributed by atoms with Crippen LogP contribution in [0, 0.1) is 11.2 Å². The summed E-state index contributed by atoms with van der Waals surface area (Å²) in [6, 6.07) is 15.2. The number of allylic oxidation sites excluding steroid dienone is 1. The van der Waals surface area contributed by atoms with Gasteiger partial charge in [-0.1, -0.05) is 24.3 Å². The number of nitrogens with one attached hydrogen (secondary N) is 2. The molecule has 0 fully saturated rings. The summed E-state index contributed by atoms with van der Waals surface area (Å²) >= 11 is 0. The fourth-order valence-electron chi connectivity index (χ4n) is 2.99. The van der Waals surface area contributed by atoms with Crippen molar-refractivity contribution in [1.82, 2.24) is 19.7 Å². The summed E-state index contributed by atoms with van der Waals surface area (Å²) in [4.78, 5) is 20.4. The van der Waals surface area contributed by atoms with Crippen LogP contribution in [-0.2, 0) is 0 Å². The fraction of sp³-hybridized carbons (Fsp3) is 0. The Hall–Kier alpha value is -4.46. The van der Waals surface area contributed by atoms with Gasteiger partial charge in [-0.3, -0.25) is 4.79 Å². The van der Waals surface area contributed by atoms with E-state index in [9.17, 15) is 9.18 Å². The van der Waals surface area contributed by atoms with Crippen LogP contribution in [0.5, 0.6) is 0 Å². The van der Waals surface area contributed by atoms with E-state index in [1.807, 2.05) is 30.3 Å². The summed E-state index contributed by atoms with van der Waals surface area (Å²) in [5, 5.41) is 14.8. The zero-order valence-corrected chi connectivity index (χ0v) is 16.2. The fourth-order valence-corrected chi connectivity index (χ4v) is 2.99. The van der Waals surface area contributed by atoms with Gasteiger partial charge in [0.25, 0.3) is 0 Å². The predicted molar refractivity (Wildman–Crippen MR) is 118 cm³/mol. The van der Waals surface area contributed by atoms with Crippen LogP contribution in [0.3, 0.4) is 0 Å². The molecule has 4 aromatic rings. The van der Waals surface area contributed by atoms with Crippen LogP contribution in [0.15, 0.2) is 90.4 Å². The average Bonchev–Trinajstić information content (AvgIpc) is 2.80. The number of nitrogens with zero attached hydrogens (tertiary/aromatic N) is 4. The Morgan fingerprint density at radius 3 is 2.52 bits per heavy atom. The van der Waals surface area contributed by atoms with Gasteiger partial charge in [-0.2, -0.15) is 5.10 Å². The molecule has 2 heterocycles. The molecule has 0 aliphatic rings. The highest BCUT2D eigenvalue weighted by atomic mass is 19.1. The van der Waals surface area contributed by atoms with Crippen molar-refractivity contribution in [2.24, 2.45) is 0 Å². The second-order valence-corrected chi connectivity index (χ2v) is 6.50. The molecule has 0 bridgehead atoms. The minimum atomic E-state index is -0.517. The topological polar surface area (TPSA) is 96.6 Å². The standard InChI is InChI=1S/C23H17FN6O/c24-19-12-16(17-13-26-15-27-14-17)6-7-21(19)30-11-9-22(31)23(29-30)20(8-10-25)28-18-4-2-1-3-5-18/h1-15,25,28H/b20-8-,25-10?. The number of benzene rings is 2. The van der Waals surface area contributed by atoms with Crippen LogP contribution in [0.1, 0.15) is 5.69 Å². The molecule has 0 unspecified atom stereocenters. The summed E-state index contributed by atoms with van der Waals surface area (Å²) < 4.78 is 16.2. The van der Waals surface area contributed by atoms with Crippen LogP contribution >= 0.6 is 0 Å². The van der Waals surface area contributed by atoms with E-state index in [0.29, 0.717) is 16.8 Å². The molecule has 152 valence electrons. The first-order valence-corrected chi connectivity index (χ1v) is 9.34. The molecular weight excluding hydrogens is 395 g/mol. The van der Waals surface area contributed by atoms with Crippen LogP contribution < -0.4 is 10.7 Å². The lowest BCUT2D eigenvalue weighted by atomic mass is 10.1. The third-order valence-electron chi connectivity index (χ3n) is 4.45. The minimum absolute atomic E-state index is 0.0646. The van der Waals surface area contributed by atoms with Gasteiger partial charge in [-0.25, -0.2) is 19.0 Å². The highest BCUT2D eigenvalue weighted by molar-refractivity contribution is 5.86. The Labute approximate surface area is 177 Å². The Kier molecular flexibility index (Phi) is 5.70. The first-order valence-electron chi connectivity index (χ1n) is 9.34. The maximum absolute atomic E-state index is 14.9. The zero-order valence-electron chi connectivity index (χ0n) is 16.2. The van der Waals surface area contributed by atoms with Crippen molar-refractivity contribution in [2.45, 2.75) is 0 Å². The van der Waals surface area contributed by atoms with E-state index in [1.54, 1.807) is 24.5 Å². The van der Waals surface area contributed by atoms with Crippen LogP contribution in [-0.4, -0.2) is 26.0 Å². The average molecular weight is 412 g/mol. The lowest BCUT2D eigenvalue weighted by Gasteiger charge is -2.13. The molecule has 2 aromatic carbocycles. The van der Waals surface area contributed by atoms with E-state index in [1.165, 1.54) is 35.4 Å². The van der Waals surface area contributed by atoms with Gasteiger partial charge in [-0.05, 0) is 35.9 Å². The molecule has 0 radical (unpaired) electrons. The molecule has 0 saturated heterocycles. The maximum atomic E-state index is 14.9. The minimum Gasteiger partial charge on any atom is -0.354 e. The monoisotopic (exact) mass is 412 g/mol. The van der Waals surface area contributed by atoms with Crippen molar-refractivity contribution in [3.8, 4) is 16.8 Å². The summed E-state index contributed by atoms with van der Waals surface area (Å²) in [5.74, 6) is -0.517. The van der Waals surface area contributed by atoms with Gasteiger partial charge in [-0.15, -0.1) is 0 Å². The van der Waals surface area contributed by atoms with E-state index in [4.69, 9.17) is 5.41 Å². The zero-order chi connectivity index (χ0) is 21.6. The van der Waals surface area contributed by atoms with Gasteiger partial charge < -0.3 is 10.7 Å². The van der Waals surface area contributed by atoms with Crippen molar-refractivity contribution in [3.05, 3.63) is 107 Å². The molecule has 0 aliphatic carbocycles. The first kappa shape index (κ1) is 19.8. The molecule has 0 saturated carbocycles. The molecule has 7 nitrogen and oxygen atoms in total. The summed E-state index contributed by atoms with van der Waals surface area (Å²) in [5.41, 5.74) is 2.26. The number of aromatic nitrogens is 4. The molecule has 0 aliphatic heterocycles. The third-order valence-corrected chi connectivity index (χ3v) is 4.45. The Balaban J connectivity index is 1.73. The van der Waals surface area contributed by atoms with Crippen molar-refractivity contribution in [3.63, 3.8) is 0 Å². The quantitative estimate of drug-likeness (QED) is 0.468. The lowest BCUT2D eigenvalue weighted by molar-refractivity contribution is 0.608. The second kappa shape index (κ2) is 8.91. The molecule has 8 heteroatoms. The van der Waals surface area contributed by atoms with Gasteiger partial charge in [0.1, 0.15) is 17.8 Å². The van der Waals surface area contributed by atoms with Crippen molar-refractivity contribution in [1.29, 1.82) is 5.41 Å². The molecule has 4 rings (SSSR count). The number of halogens is 1. The van der Waals surface area contributed by atoms with Crippen LogP contribution in [0.2, 0.25) is 0 Å². The molecular formula is C23H17FN6O. The number of anilines is 1. The molecule has 31 heavy (non-hydrogen) atoms. The number of hydrogen-bond donors (Lipinski definition) is 2. The van der Waals surface area contributed by atoms with Crippen molar-refractivity contribution < 1.29 is 4.39 Å². The number of hydrogen-bond acceptors (Lipinski definition) is 6. The Bertz CT molecular complexity index is 1300. The van der Waals surface area contributed by atoms with Gasteiger partial charge in [0.05, 0.1) is 5.70 Å². The van der Waals surface area contributed by atoms with E-state index >= 15 is 0 Å². The second-order valence-electron chi connectivity index (χ2n) is 6.50. The van der Waals surface area contributed by atoms with Crippen LogP contribution in [0.4, 0.5) is 10.1 Å². The van der Waals surface area contributed by atoms with E-state index in [2.05, 4.69) is 20.4 Å². The highest BCUT2D eigenvalue weighted by Crippen LogP contribution is 2.22. The molecule has 2 N–H and O–H groups in total. The number of para-hydroxylation sites is 1. The lowest BCUT2D eigenvalue weighted by Crippen LogP contribution is -2.18. The van der Waals surface area contributed by atoms with Gasteiger partial charge >= 0.3 is 0 Å². The highest BCUT2D eigenvalue weighted by Gasteiger charge is 2.13. The maximum Gasteiger partial charge on any atom is 0.209 e. The summed E-state index contributed by atoms with van der Waals surface area (Å²) in [6.45, 7) is 0. The van der Waals surface area contributed by atoms with Gasteiger partial charge in [0.15, 0.2) is 5.69 Å². The van der Waals surface area contributed by atoms with Crippen LogP contribution in [0.25, 0.3) is 22.5 Å². The number of rotatable bonds is 6.